The van der Waals surface area contributed by atoms with Crippen molar-refractivity contribution in [2.75, 3.05) is 12.5 Å². The molecule has 0 N–H and O–H groups in total. The molecular weight excluding hydrogens is 268 g/mol. The second kappa shape index (κ2) is 6.43. The van der Waals surface area contributed by atoms with Crippen molar-refractivity contribution in [3.63, 3.8) is 0 Å². The van der Waals surface area contributed by atoms with E-state index in [1.807, 2.05) is 0 Å². The molecule has 3 rings (SSSR count). The molecule has 1 aliphatic rings. The summed E-state index contributed by atoms with van der Waals surface area (Å²) in [5.74, 6) is 1.37. The van der Waals surface area contributed by atoms with E-state index in [1.165, 1.54) is 11.1 Å². The predicted octanol–water partition coefficient (Wildman–Crippen LogP) is 4.46. The number of benzene rings is 2. The highest BCUT2D eigenvalue weighted by Crippen LogP contribution is 2.38. The molecule has 0 radical (unpaired) electrons. The molecule has 1 aliphatic heterocycles. The number of hydrogen-bond acceptors (Lipinski definition) is 1. The molecule has 0 amide bonds. The average Bonchev–Trinajstić information content (AvgIpc) is 2.98. The molecule has 20 heavy (non-hydrogen) atoms. The molecule has 2 atom stereocenters. The number of hydrogen-bond donors (Lipinski definition) is 0. The fraction of sp³-hybridized carbons (Fsp3) is 0.333. The lowest BCUT2D eigenvalue weighted by atomic mass is 9.82. The monoisotopic (exact) mass is 286 g/mol. The Morgan fingerprint density at radius 2 is 1.50 bits per heavy atom. The van der Waals surface area contributed by atoms with Crippen LogP contribution in [0.25, 0.3) is 0 Å². The molecule has 2 aromatic carbocycles. The van der Waals surface area contributed by atoms with Crippen LogP contribution in [-0.4, -0.2) is 18.6 Å². The summed E-state index contributed by atoms with van der Waals surface area (Å²) in [7, 11) is 0. The first-order valence-electron chi connectivity index (χ1n) is 7.17. The Kier molecular flexibility index (Phi) is 4.39. The van der Waals surface area contributed by atoms with Crippen LogP contribution in [0, 0.1) is 5.92 Å². The van der Waals surface area contributed by atoms with Crippen molar-refractivity contribution in [1.82, 2.24) is 0 Å². The van der Waals surface area contributed by atoms with Gasteiger partial charge in [-0.3, -0.25) is 0 Å². The zero-order valence-electron chi connectivity index (χ0n) is 11.4. The largest absolute Gasteiger partial charge is 0.377 e. The summed E-state index contributed by atoms with van der Waals surface area (Å²) in [6.45, 7) is 0.818. The molecule has 0 aromatic heterocycles. The van der Waals surface area contributed by atoms with E-state index in [9.17, 15) is 0 Å². The van der Waals surface area contributed by atoms with E-state index in [2.05, 4.69) is 60.7 Å². The van der Waals surface area contributed by atoms with Gasteiger partial charge in [-0.2, -0.15) is 0 Å². The van der Waals surface area contributed by atoms with Gasteiger partial charge in [-0.15, -0.1) is 11.6 Å². The van der Waals surface area contributed by atoms with Crippen molar-refractivity contribution in [1.29, 1.82) is 0 Å². The van der Waals surface area contributed by atoms with Gasteiger partial charge in [-0.05, 0) is 17.5 Å². The van der Waals surface area contributed by atoms with E-state index < -0.39 is 0 Å². The fourth-order valence-electron chi connectivity index (χ4n) is 3.08. The van der Waals surface area contributed by atoms with Gasteiger partial charge in [0.05, 0.1) is 6.10 Å². The lowest BCUT2D eigenvalue weighted by Gasteiger charge is -2.28. The molecule has 0 aliphatic carbocycles. The third kappa shape index (κ3) is 2.74. The van der Waals surface area contributed by atoms with E-state index in [0.717, 1.165) is 13.0 Å². The Labute approximate surface area is 125 Å². The summed E-state index contributed by atoms with van der Waals surface area (Å²) >= 11 is 6.14. The second-order valence-electron chi connectivity index (χ2n) is 5.34. The van der Waals surface area contributed by atoms with Gasteiger partial charge >= 0.3 is 0 Å². The second-order valence-corrected chi connectivity index (χ2v) is 5.65. The molecule has 0 saturated carbocycles. The summed E-state index contributed by atoms with van der Waals surface area (Å²) in [5.41, 5.74) is 2.61. The van der Waals surface area contributed by atoms with Crippen molar-refractivity contribution in [3.8, 4) is 0 Å². The molecule has 1 heterocycles. The molecule has 2 unspecified atom stereocenters. The highest BCUT2D eigenvalue weighted by Gasteiger charge is 2.35. The first-order chi connectivity index (χ1) is 9.90. The third-order valence-corrected chi connectivity index (χ3v) is 4.50. The van der Waals surface area contributed by atoms with E-state index in [4.69, 9.17) is 16.3 Å². The maximum Gasteiger partial charge on any atom is 0.0724 e. The molecule has 2 heteroatoms. The summed E-state index contributed by atoms with van der Waals surface area (Å²) in [6.07, 6.45) is 1.24. The van der Waals surface area contributed by atoms with Crippen LogP contribution in [0.1, 0.15) is 23.5 Å². The van der Waals surface area contributed by atoms with Gasteiger partial charge < -0.3 is 4.74 Å². The third-order valence-electron chi connectivity index (χ3n) is 4.11. The minimum atomic E-state index is 0.178. The Morgan fingerprint density at radius 3 is 2.00 bits per heavy atom. The quantitative estimate of drug-likeness (QED) is 0.754. The highest BCUT2D eigenvalue weighted by molar-refractivity contribution is 6.18. The highest BCUT2D eigenvalue weighted by atomic mass is 35.5. The standard InChI is InChI=1S/C18H19ClO/c19-13-16-11-12-20-18(16)17(14-7-3-1-4-8-14)15-9-5-2-6-10-15/h1-10,16-18H,11-13H2. The zero-order valence-corrected chi connectivity index (χ0v) is 12.2. The van der Waals surface area contributed by atoms with Crippen molar-refractivity contribution in [3.05, 3.63) is 71.8 Å². The van der Waals surface area contributed by atoms with Crippen LogP contribution < -0.4 is 0 Å². The zero-order chi connectivity index (χ0) is 13.8. The van der Waals surface area contributed by atoms with E-state index in [1.54, 1.807) is 0 Å². The van der Waals surface area contributed by atoms with Crippen LogP contribution in [0.2, 0.25) is 0 Å². The maximum atomic E-state index is 6.14. The van der Waals surface area contributed by atoms with E-state index in [0.29, 0.717) is 11.8 Å². The molecule has 0 spiro atoms. The van der Waals surface area contributed by atoms with Gasteiger partial charge in [0, 0.05) is 24.3 Å². The van der Waals surface area contributed by atoms with Gasteiger partial charge in [-0.1, -0.05) is 60.7 Å². The van der Waals surface area contributed by atoms with Gasteiger partial charge in [0.2, 0.25) is 0 Å². The van der Waals surface area contributed by atoms with Crippen LogP contribution in [0.3, 0.4) is 0 Å². The lowest BCUT2D eigenvalue weighted by molar-refractivity contribution is 0.0815. The first kappa shape index (κ1) is 13.7. The first-order valence-corrected chi connectivity index (χ1v) is 7.71. The van der Waals surface area contributed by atoms with Gasteiger partial charge in [0.15, 0.2) is 0 Å². The topological polar surface area (TPSA) is 9.23 Å². The average molecular weight is 287 g/mol. The summed E-state index contributed by atoms with van der Waals surface area (Å²) in [4.78, 5) is 0. The molecular formula is C18H19ClO. The van der Waals surface area contributed by atoms with Crippen molar-refractivity contribution >= 4 is 11.6 Å². The SMILES string of the molecule is ClCC1CCOC1C(c1ccccc1)c1ccccc1. The smallest absolute Gasteiger partial charge is 0.0724 e. The van der Waals surface area contributed by atoms with Crippen LogP contribution in [0.5, 0.6) is 0 Å². The number of halogens is 1. The number of rotatable bonds is 4. The normalized spacial score (nSPS) is 22.3. The molecule has 1 saturated heterocycles. The van der Waals surface area contributed by atoms with Crippen molar-refractivity contribution in [2.45, 2.75) is 18.4 Å². The Morgan fingerprint density at radius 1 is 0.950 bits per heavy atom. The van der Waals surface area contributed by atoms with Crippen molar-refractivity contribution in [2.24, 2.45) is 5.92 Å². The Bertz CT molecular complexity index is 486. The van der Waals surface area contributed by atoms with Gasteiger partial charge in [0.25, 0.3) is 0 Å². The molecule has 2 aromatic rings. The van der Waals surface area contributed by atoms with Gasteiger partial charge in [0.1, 0.15) is 0 Å². The fourth-order valence-corrected chi connectivity index (χ4v) is 3.41. The Hall–Kier alpha value is -1.31. The van der Waals surface area contributed by atoms with Crippen molar-refractivity contribution < 1.29 is 4.74 Å². The summed E-state index contributed by atoms with van der Waals surface area (Å²) < 4.78 is 6.04. The summed E-state index contributed by atoms with van der Waals surface area (Å²) in [5, 5.41) is 0. The van der Waals surface area contributed by atoms with Crippen LogP contribution >= 0.6 is 11.6 Å². The number of ether oxygens (including phenoxy) is 1. The minimum absolute atomic E-state index is 0.178. The predicted molar refractivity (Wildman–Crippen MR) is 83.3 cm³/mol. The van der Waals surface area contributed by atoms with Gasteiger partial charge in [-0.25, -0.2) is 0 Å². The molecule has 1 fully saturated rings. The van der Waals surface area contributed by atoms with Crippen LogP contribution in [0.4, 0.5) is 0 Å². The molecule has 0 bridgehead atoms. The number of alkyl halides is 1. The lowest BCUT2D eigenvalue weighted by Crippen LogP contribution is -2.26. The summed E-state index contributed by atoms with van der Waals surface area (Å²) in [6, 6.07) is 21.2. The minimum Gasteiger partial charge on any atom is -0.377 e. The van der Waals surface area contributed by atoms with E-state index in [-0.39, 0.29) is 12.0 Å². The van der Waals surface area contributed by atoms with Crippen LogP contribution in [-0.2, 0) is 4.74 Å². The molecule has 104 valence electrons. The van der Waals surface area contributed by atoms with E-state index >= 15 is 0 Å². The maximum absolute atomic E-state index is 6.14. The van der Waals surface area contributed by atoms with Crippen LogP contribution in [0.15, 0.2) is 60.7 Å². The Balaban J connectivity index is 2.00. The molecule has 1 nitrogen and oxygen atoms in total.